The van der Waals surface area contributed by atoms with E-state index in [1.807, 2.05) is 97.9 Å². The van der Waals surface area contributed by atoms with Gasteiger partial charge in [-0.2, -0.15) is 9.78 Å². The van der Waals surface area contributed by atoms with Crippen molar-refractivity contribution in [2.75, 3.05) is 13.1 Å². The van der Waals surface area contributed by atoms with Crippen LogP contribution in [0, 0.1) is 0 Å². The van der Waals surface area contributed by atoms with Crippen molar-refractivity contribution in [3.63, 3.8) is 0 Å². The molecule has 5 aromatic rings. The first-order chi connectivity index (χ1) is 18.7. The Hall–Kier alpha value is -4.69. The number of aliphatic imine (C=N–C) groups is 2. The highest BCUT2D eigenvalue weighted by Gasteiger charge is 2.25. The Kier molecular flexibility index (Phi) is 6.46. The molecule has 0 aliphatic carbocycles. The SMILES string of the molecule is C/C(=N\n1c(-c2ccccc2)nc2c(C3=NCCN3)c(/N=C/c3ccccc3)sc2c1=O)c1ccccc1. The van der Waals surface area contributed by atoms with Gasteiger partial charge in [-0.15, -0.1) is 11.3 Å². The zero-order valence-corrected chi connectivity index (χ0v) is 21.5. The van der Waals surface area contributed by atoms with Gasteiger partial charge in [0.2, 0.25) is 0 Å². The summed E-state index contributed by atoms with van der Waals surface area (Å²) >= 11 is 1.31. The molecule has 186 valence electrons. The van der Waals surface area contributed by atoms with E-state index in [9.17, 15) is 4.79 Å². The predicted octanol–water partition coefficient (Wildman–Crippen LogP) is 5.50. The highest BCUT2D eigenvalue weighted by atomic mass is 32.1. The topological polar surface area (TPSA) is 84.0 Å². The second-order valence-corrected chi connectivity index (χ2v) is 9.75. The quantitative estimate of drug-likeness (QED) is 0.303. The smallest absolute Gasteiger partial charge is 0.292 e. The molecule has 0 bridgehead atoms. The molecule has 1 N–H and O–H groups in total. The van der Waals surface area contributed by atoms with Crippen LogP contribution in [0.4, 0.5) is 5.00 Å². The fraction of sp³-hybridized carbons (Fsp3) is 0.100. The third-order valence-electron chi connectivity index (χ3n) is 6.18. The molecule has 0 spiro atoms. The first kappa shape index (κ1) is 23.7. The number of thiophene rings is 1. The monoisotopic (exact) mass is 516 g/mol. The van der Waals surface area contributed by atoms with Crippen molar-refractivity contribution < 1.29 is 0 Å². The fourth-order valence-electron chi connectivity index (χ4n) is 4.30. The molecule has 8 heteroatoms. The lowest BCUT2D eigenvalue weighted by Gasteiger charge is -2.10. The highest BCUT2D eigenvalue weighted by Crippen LogP contribution is 2.37. The normalized spacial score (nSPS) is 13.7. The second-order valence-electron chi connectivity index (χ2n) is 8.76. The second kappa shape index (κ2) is 10.4. The van der Waals surface area contributed by atoms with Crippen molar-refractivity contribution in [2.24, 2.45) is 15.1 Å². The molecule has 3 aromatic carbocycles. The van der Waals surface area contributed by atoms with E-state index in [4.69, 9.17) is 15.1 Å². The maximum Gasteiger partial charge on any atom is 0.292 e. The molecule has 1 aliphatic rings. The number of fused-ring (bicyclic) bond motifs is 1. The number of nitrogens with one attached hydrogen (secondary N) is 1. The molecule has 0 saturated heterocycles. The first-order valence-corrected chi connectivity index (χ1v) is 13.1. The lowest BCUT2D eigenvalue weighted by molar-refractivity contribution is 0.825. The highest BCUT2D eigenvalue weighted by molar-refractivity contribution is 7.23. The van der Waals surface area contributed by atoms with Crippen molar-refractivity contribution >= 4 is 44.3 Å². The Morgan fingerprint density at radius 1 is 0.974 bits per heavy atom. The minimum atomic E-state index is -0.241. The molecule has 0 saturated carbocycles. The number of benzene rings is 3. The summed E-state index contributed by atoms with van der Waals surface area (Å²) in [5.74, 6) is 1.18. The third-order valence-corrected chi connectivity index (χ3v) is 7.26. The lowest BCUT2D eigenvalue weighted by atomic mass is 10.1. The minimum Gasteiger partial charge on any atom is -0.368 e. The summed E-state index contributed by atoms with van der Waals surface area (Å²) in [7, 11) is 0. The predicted molar refractivity (Wildman–Crippen MR) is 156 cm³/mol. The largest absolute Gasteiger partial charge is 0.368 e. The zero-order chi connectivity index (χ0) is 25.9. The van der Waals surface area contributed by atoms with Crippen LogP contribution in [0.15, 0.2) is 111 Å². The molecule has 7 nitrogen and oxygen atoms in total. The summed E-state index contributed by atoms with van der Waals surface area (Å²) in [5, 5.41) is 8.79. The van der Waals surface area contributed by atoms with E-state index in [0.29, 0.717) is 39.1 Å². The van der Waals surface area contributed by atoms with E-state index in [-0.39, 0.29) is 5.56 Å². The molecule has 0 atom stereocenters. The maximum atomic E-state index is 14.1. The van der Waals surface area contributed by atoms with Crippen LogP contribution in [0.5, 0.6) is 0 Å². The average Bonchev–Trinajstić information content (AvgIpc) is 3.63. The van der Waals surface area contributed by atoms with Crippen molar-refractivity contribution in [3.8, 4) is 11.4 Å². The number of amidine groups is 1. The molecular formula is C30H24N6OS. The number of hydrogen-bond donors (Lipinski definition) is 1. The van der Waals surface area contributed by atoms with E-state index < -0.39 is 0 Å². The Bertz CT molecular complexity index is 1750. The molecule has 0 unspecified atom stereocenters. The van der Waals surface area contributed by atoms with Gasteiger partial charge in [0.05, 0.1) is 17.8 Å². The van der Waals surface area contributed by atoms with E-state index in [0.717, 1.165) is 28.8 Å². The van der Waals surface area contributed by atoms with Gasteiger partial charge in [-0.25, -0.2) is 9.98 Å². The van der Waals surface area contributed by atoms with Gasteiger partial charge in [0.15, 0.2) is 5.82 Å². The summed E-state index contributed by atoms with van der Waals surface area (Å²) in [5.41, 5.74) is 4.50. The van der Waals surface area contributed by atoms with Gasteiger partial charge in [-0.05, 0) is 18.1 Å². The van der Waals surface area contributed by atoms with Crippen LogP contribution in [0.3, 0.4) is 0 Å². The fourth-order valence-corrected chi connectivity index (χ4v) is 5.32. The van der Waals surface area contributed by atoms with Crippen molar-refractivity contribution in [3.05, 3.63) is 118 Å². The Morgan fingerprint density at radius 2 is 1.66 bits per heavy atom. The zero-order valence-electron chi connectivity index (χ0n) is 20.7. The number of aromatic nitrogens is 2. The van der Waals surface area contributed by atoms with E-state index >= 15 is 0 Å². The molecule has 6 rings (SSSR count). The summed E-state index contributed by atoms with van der Waals surface area (Å²) in [4.78, 5) is 28.5. The Balaban J connectivity index is 1.61. The van der Waals surface area contributed by atoms with E-state index in [1.54, 1.807) is 6.21 Å². The molecule has 0 fully saturated rings. The minimum absolute atomic E-state index is 0.241. The van der Waals surface area contributed by atoms with Gasteiger partial charge in [0.25, 0.3) is 5.56 Å². The summed E-state index contributed by atoms with van der Waals surface area (Å²) in [6.07, 6.45) is 1.80. The number of hydrogen-bond acceptors (Lipinski definition) is 7. The number of nitrogens with zero attached hydrogens (tertiary/aromatic N) is 5. The lowest BCUT2D eigenvalue weighted by Crippen LogP contribution is -2.23. The van der Waals surface area contributed by atoms with Crippen LogP contribution in [-0.2, 0) is 0 Å². The van der Waals surface area contributed by atoms with Crippen molar-refractivity contribution in [1.82, 2.24) is 15.0 Å². The molecule has 2 aromatic heterocycles. The van der Waals surface area contributed by atoms with Gasteiger partial charge >= 0.3 is 0 Å². The van der Waals surface area contributed by atoms with Gasteiger partial charge in [0, 0.05) is 18.3 Å². The summed E-state index contributed by atoms with van der Waals surface area (Å²) in [6, 6.07) is 29.3. The van der Waals surface area contributed by atoms with Crippen LogP contribution in [0.1, 0.15) is 23.6 Å². The number of rotatable bonds is 6. The van der Waals surface area contributed by atoms with Gasteiger partial charge < -0.3 is 5.32 Å². The third kappa shape index (κ3) is 4.57. The molecule has 0 amide bonds. The van der Waals surface area contributed by atoms with E-state index in [1.165, 1.54) is 16.0 Å². The molecule has 38 heavy (non-hydrogen) atoms. The van der Waals surface area contributed by atoms with Gasteiger partial charge in [-0.3, -0.25) is 9.79 Å². The standard InChI is InChI=1S/C30H24N6OS/c1-20(22-13-7-3-8-14-22)35-36-28(23-15-9-4-10-16-23)34-25-24(27-31-17-18-32-27)29(38-26(25)30(36)37)33-19-21-11-5-2-6-12-21/h2-16,19H,17-18H2,1H3,(H,31,32)/b33-19+,35-20+. The molecule has 3 heterocycles. The molecule has 0 radical (unpaired) electrons. The average molecular weight is 517 g/mol. The van der Waals surface area contributed by atoms with Crippen LogP contribution < -0.4 is 10.9 Å². The van der Waals surface area contributed by atoms with Crippen LogP contribution in [0.25, 0.3) is 21.6 Å². The Labute approximate surface area is 223 Å². The van der Waals surface area contributed by atoms with Crippen molar-refractivity contribution in [2.45, 2.75) is 6.92 Å². The van der Waals surface area contributed by atoms with Crippen molar-refractivity contribution in [1.29, 1.82) is 0 Å². The first-order valence-electron chi connectivity index (χ1n) is 12.3. The molecular weight excluding hydrogens is 492 g/mol. The van der Waals surface area contributed by atoms with Gasteiger partial charge in [-0.1, -0.05) is 91.0 Å². The van der Waals surface area contributed by atoms with Gasteiger partial charge in [0.1, 0.15) is 21.1 Å². The van der Waals surface area contributed by atoms with E-state index in [2.05, 4.69) is 10.3 Å². The van der Waals surface area contributed by atoms with Crippen LogP contribution >= 0.6 is 11.3 Å². The summed E-state index contributed by atoms with van der Waals surface area (Å²) < 4.78 is 1.90. The van der Waals surface area contributed by atoms with Crippen LogP contribution in [-0.4, -0.2) is 40.5 Å². The van der Waals surface area contributed by atoms with Crippen LogP contribution in [0.2, 0.25) is 0 Å². The Morgan fingerprint density at radius 3 is 2.34 bits per heavy atom. The molecule has 1 aliphatic heterocycles. The summed E-state index contributed by atoms with van der Waals surface area (Å²) in [6.45, 7) is 3.29. The maximum absolute atomic E-state index is 14.1.